The normalized spacial score (nSPS) is 29.5. The summed E-state index contributed by atoms with van der Waals surface area (Å²) >= 11 is 3.30. The van der Waals surface area contributed by atoms with E-state index in [4.69, 9.17) is 9.47 Å². The van der Waals surface area contributed by atoms with Gasteiger partial charge < -0.3 is 14.8 Å². The summed E-state index contributed by atoms with van der Waals surface area (Å²) in [5.41, 5.74) is 0.101. The van der Waals surface area contributed by atoms with Crippen LogP contribution in [-0.4, -0.2) is 38.0 Å². The predicted molar refractivity (Wildman–Crippen MR) is 63.2 cm³/mol. The Morgan fingerprint density at radius 3 is 2.93 bits per heavy atom. The zero-order valence-electron chi connectivity index (χ0n) is 8.93. The summed E-state index contributed by atoms with van der Waals surface area (Å²) in [5.74, 6) is 0. The first-order valence-electron chi connectivity index (χ1n) is 5.50. The first kappa shape index (κ1) is 11.6. The second-order valence-electron chi connectivity index (χ2n) is 4.40. The van der Waals surface area contributed by atoms with Gasteiger partial charge in [-0.05, 0) is 25.9 Å². The average molecular weight is 276 g/mol. The maximum Gasteiger partial charge on any atom is 0.0841 e. The molecule has 2 aliphatic rings. The average Bonchev–Trinajstić information content (AvgIpc) is 2.60. The molecule has 3 nitrogen and oxygen atoms in total. The largest absolute Gasteiger partial charge is 0.372 e. The Balaban J connectivity index is 1.80. The lowest BCUT2D eigenvalue weighted by molar-refractivity contribution is -0.0225. The van der Waals surface area contributed by atoms with E-state index in [1.165, 1.54) is 0 Å². The number of piperidine rings is 1. The maximum absolute atomic E-state index is 5.92. The Labute approximate surface area is 99.3 Å². The first-order valence-corrected chi connectivity index (χ1v) is 6.29. The molecule has 15 heavy (non-hydrogen) atoms. The van der Waals surface area contributed by atoms with Crippen LogP contribution in [0.5, 0.6) is 0 Å². The molecule has 2 aliphatic heterocycles. The number of rotatable bonds is 3. The number of nitrogens with one attached hydrogen (secondary N) is 1. The van der Waals surface area contributed by atoms with Crippen LogP contribution in [0, 0.1) is 0 Å². The highest BCUT2D eigenvalue weighted by molar-refractivity contribution is 9.11. The lowest BCUT2D eigenvalue weighted by atomic mass is 9.89. The Bertz CT molecular complexity index is 239. The molecule has 1 spiro atoms. The van der Waals surface area contributed by atoms with E-state index < -0.39 is 0 Å². The van der Waals surface area contributed by atoms with Crippen LogP contribution in [-0.2, 0) is 9.47 Å². The van der Waals surface area contributed by atoms with Gasteiger partial charge in [0.05, 0.1) is 24.9 Å². The summed E-state index contributed by atoms with van der Waals surface area (Å²) in [4.78, 5) is 0. The van der Waals surface area contributed by atoms with E-state index >= 15 is 0 Å². The molecule has 1 unspecified atom stereocenters. The van der Waals surface area contributed by atoms with Crippen molar-refractivity contribution in [1.29, 1.82) is 0 Å². The molecule has 1 atom stereocenters. The molecule has 0 aromatic rings. The minimum atomic E-state index is 0.101. The second kappa shape index (κ2) is 4.95. The smallest absolute Gasteiger partial charge is 0.0841 e. The van der Waals surface area contributed by atoms with Gasteiger partial charge in [0.2, 0.25) is 0 Å². The van der Waals surface area contributed by atoms with Crippen molar-refractivity contribution in [1.82, 2.24) is 5.32 Å². The molecule has 0 aliphatic carbocycles. The fourth-order valence-corrected chi connectivity index (χ4v) is 2.48. The number of halogens is 1. The lowest BCUT2D eigenvalue weighted by Gasteiger charge is -2.32. The summed E-state index contributed by atoms with van der Waals surface area (Å²) < 4.78 is 12.5. The summed E-state index contributed by atoms with van der Waals surface area (Å²) in [6.45, 7) is 7.22. The van der Waals surface area contributed by atoms with Crippen molar-refractivity contribution in [3.05, 3.63) is 11.1 Å². The lowest BCUT2D eigenvalue weighted by Crippen LogP contribution is -2.41. The third kappa shape index (κ3) is 3.03. The Morgan fingerprint density at radius 2 is 2.27 bits per heavy atom. The number of hydrogen-bond acceptors (Lipinski definition) is 3. The Kier molecular flexibility index (Phi) is 3.83. The highest BCUT2D eigenvalue weighted by atomic mass is 79.9. The van der Waals surface area contributed by atoms with Crippen LogP contribution in [0.25, 0.3) is 0 Å². The van der Waals surface area contributed by atoms with E-state index in [0.29, 0.717) is 6.61 Å². The quantitative estimate of drug-likeness (QED) is 0.853. The molecular formula is C11H18BrNO2. The van der Waals surface area contributed by atoms with Crippen molar-refractivity contribution in [2.75, 3.05) is 26.3 Å². The summed E-state index contributed by atoms with van der Waals surface area (Å²) in [6, 6.07) is 0. The van der Waals surface area contributed by atoms with Gasteiger partial charge in [0.1, 0.15) is 0 Å². The van der Waals surface area contributed by atoms with Crippen LogP contribution >= 0.6 is 15.9 Å². The summed E-state index contributed by atoms with van der Waals surface area (Å²) in [7, 11) is 0. The molecule has 2 rings (SSSR count). The van der Waals surface area contributed by atoms with Gasteiger partial charge in [-0.3, -0.25) is 0 Å². The van der Waals surface area contributed by atoms with Crippen LogP contribution in [0.4, 0.5) is 0 Å². The fraction of sp³-hybridized carbons (Fsp3) is 0.818. The fourth-order valence-electron chi connectivity index (χ4n) is 2.35. The second-order valence-corrected chi connectivity index (χ2v) is 5.52. The first-order chi connectivity index (χ1) is 7.20. The van der Waals surface area contributed by atoms with Crippen molar-refractivity contribution >= 4 is 15.9 Å². The van der Waals surface area contributed by atoms with Gasteiger partial charge in [0.25, 0.3) is 0 Å². The van der Waals surface area contributed by atoms with Crippen LogP contribution < -0.4 is 5.32 Å². The minimum absolute atomic E-state index is 0.101. The number of hydrogen-bond donors (Lipinski definition) is 1. The van der Waals surface area contributed by atoms with Crippen molar-refractivity contribution in [2.24, 2.45) is 0 Å². The highest BCUT2D eigenvalue weighted by Gasteiger charge is 2.41. The Hall–Kier alpha value is 0.1000. The van der Waals surface area contributed by atoms with E-state index in [-0.39, 0.29) is 11.7 Å². The van der Waals surface area contributed by atoms with Gasteiger partial charge in [0.15, 0.2) is 0 Å². The molecule has 0 amide bonds. The van der Waals surface area contributed by atoms with Crippen molar-refractivity contribution in [2.45, 2.75) is 31.0 Å². The molecule has 1 N–H and O–H groups in total. The minimum Gasteiger partial charge on any atom is -0.372 e. The van der Waals surface area contributed by atoms with Gasteiger partial charge in [-0.25, -0.2) is 0 Å². The van der Waals surface area contributed by atoms with Gasteiger partial charge in [-0.15, -0.1) is 0 Å². The van der Waals surface area contributed by atoms with Gasteiger partial charge >= 0.3 is 0 Å². The van der Waals surface area contributed by atoms with E-state index in [9.17, 15) is 0 Å². The molecule has 2 heterocycles. The van der Waals surface area contributed by atoms with Crippen LogP contribution in [0.3, 0.4) is 0 Å². The predicted octanol–water partition coefficient (Wildman–Crippen LogP) is 1.82. The molecule has 86 valence electrons. The van der Waals surface area contributed by atoms with E-state index in [0.717, 1.165) is 43.4 Å². The van der Waals surface area contributed by atoms with Gasteiger partial charge in [0, 0.05) is 10.9 Å². The third-order valence-corrected chi connectivity index (χ3v) is 3.39. The zero-order chi connectivity index (χ0) is 10.7. The van der Waals surface area contributed by atoms with Crippen molar-refractivity contribution in [3.63, 3.8) is 0 Å². The molecule has 0 saturated carbocycles. The molecule has 0 bridgehead atoms. The highest BCUT2D eigenvalue weighted by Crippen LogP contribution is 2.35. The van der Waals surface area contributed by atoms with Crippen LogP contribution in [0.15, 0.2) is 11.1 Å². The van der Waals surface area contributed by atoms with Gasteiger partial charge in [-0.2, -0.15) is 0 Å². The summed E-state index contributed by atoms with van der Waals surface area (Å²) in [6.07, 6.45) is 3.51. The topological polar surface area (TPSA) is 30.5 Å². The SMILES string of the molecule is C=C(Br)COC1COC2(CCNCC2)C1. The Morgan fingerprint density at radius 1 is 1.53 bits per heavy atom. The molecule has 0 aromatic carbocycles. The monoisotopic (exact) mass is 275 g/mol. The molecule has 2 fully saturated rings. The third-order valence-electron chi connectivity index (χ3n) is 3.17. The molecular weight excluding hydrogens is 258 g/mol. The maximum atomic E-state index is 5.92. The number of ether oxygens (including phenoxy) is 2. The standard InChI is InChI=1S/C11H18BrNO2/c1-9(12)7-14-10-6-11(15-8-10)2-4-13-5-3-11/h10,13H,1-8H2. The molecule has 4 heteroatoms. The molecule has 0 aromatic heterocycles. The zero-order valence-corrected chi connectivity index (χ0v) is 10.5. The molecule has 0 radical (unpaired) electrons. The van der Waals surface area contributed by atoms with E-state index in [1.807, 2.05) is 0 Å². The van der Waals surface area contributed by atoms with Crippen LogP contribution in [0.2, 0.25) is 0 Å². The van der Waals surface area contributed by atoms with Gasteiger partial charge in [-0.1, -0.05) is 22.5 Å². The van der Waals surface area contributed by atoms with E-state index in [2.05, 4.69) is 27.8 Å². The summed E-state index contributed by atoms with van der Waals surface area (Å²) in [5, 5.41) is 3.36. The van der Waals surface area contributed by atoms with Crippen LogP contribution in [0.1, 0.15) is 19.3 Å². The van der Waals surface area contributed by atoms with Crippen molar-refractivity contribution in [3.8, 4) is 0 Å². The van der Waals surface area contributed by atoms with Crippen molar-refractivity contribution < 1.29 is 9.47 Å². The van der Waals surface area contributed by atoms with E-state index in [1.54, 1.807) is 0 Å². The molecule has 2 saturated heterocycles.